The van der Waals surface area contributed by atoms with Crippen molar-refractivity contribution in [3.05, 3.63) is 46.6 Å². The highest BCUT2D eigenvalue weighted by atomic mass is 16.4. The molecule has 1 aromatic heterocycles. The number of carboxylic acids is 1. The minimum Gasteiger partial charge on any atom is -0.481 e. The van der Waals surface area contributed by atoms with Crippen LogP contribution in [0.2, 0.25) is 0 Å². The van der Waals surface area contributed by atoms with Crippen molar-refractivity contribution < 1.29 is 9.90 Å². The molecule has 0 aliphatic heterocycles. The van der Waals surface area contributed by atoms with Gasteiger partial charge in [0.15, 0.2) is 0 Å². The summed E-state index contributed by atoms with van der Waals surface area (Å²) in [5.74, 6) is -1.44. The SMILES string of the molecule is CC(C(=O)O)c1ccc(-n2cn[nH]c2=O)cc1. The number of nitrogens with zero attached hydrogens (tertiary/aromatic N) is 2. The number of rotatable bonds is 3. The number of aliphatic carboxylic acids is 1. The van der Waals surface area contributed by atoms with Gasteiger partial charge < -0.3 is 5.11 Å². The van der Waals surface area contributed by atoms with Crippen LogP contribution in [-0.2, 0) is 4.79 Å². The fourth-order valence-corrected chi connectivity index (χ4v) is 1.50. The van der Waals surface area contributed by atoms with Gasteiger partial charge in [-0.2, -0.15) is 5.10 Å². The Balaban J connectivity index is 2.34. The fraction of sp³-hybridized carbons (Fsp3) is 0.182. The van der Waals surface area contributed by atoms with Crippen LogP contribution in [0.4, 0.5) is 0 Å². The molecule has 88 valence electrons. The maximum atomic E-state index is 11.3. The van der Waals surface area contributed by atoms with E-state index in [2.05, 4.69) is 10.2 Å². The van der Waals surface area contributed by atoms with Crippen molar-refractivity contribution in [2.24, 2.45) is 0 Å². The number of aromatic amines is 1. The monoisotopic (exact) mass is 233 g/mol. The third kappa shape index (κ3) is 2.10. The van der Waals surface area contributed by atoms with E-state index in [9.17, 15) is 9.59 Å². The molecule has 1 aromatic carbocycles. The molecule has 0 aliphatic carbocycles. The number of hydrogen-bond donors (Lipinski definition) is 2. The Morgan fingerprint density at radius 2 is 2.06 bits per heavy atom. The molecular formula is C11H11N3O3. The van der Waals surface area contributed by atoms with Crippen LogP contribution in [0.5, 0.6) is 0 Å². The van der Waals surface area contributed by atoms with E-state index in [1.807, 2.05) is 0 Å². The molecule has 2 aromatic rings. The summed E-state index contributed by atoms with van der Waals surface area (Å²) in [6, 6.07) is 6.75. The lowest BCUT2D eigenvalue weighted by atomic mass is 10.0. The summed E-state index contributed by atoms with van der Waals surface area (Å²) in [7, 11) is 0. The normalized spacial score (nSPS) is 12.3. The molecule has 2 N–H and O–H groups in total. The summed E-state index contributed by atoms with van der Waals surface area (Å²) in [5, 5.41) is 14.8. The van der Waals surface area contributed by atoms with Crippen molar-refractivity contribution in [2.75, 3.05) is 0 Å². The Morgan fingerprint density at radius 1 is 1.41 bits per heavy atom. The van der Waals surface area contributed by atoms with E-state index in [0.717, 1.165) is 0 Å². The number of carboxylic acid groups (broad SMARTS) is 1. The van der Waals surface area contributed by atoms with Crippen molar-refractivity contribution in [3.8, 4) is 5.69 Å². The van der Waals surface area contributed by atoms with Crippen LogP contribution in [0.1, 0.15) is 18.4 Å². The zero-order valence-electron chi connectivity index (χ0n) is 9.12. The predicted molar refractivity (Wildman–Crippen MR) is 60.2 cm³/mol. The smallest absolute Gasteiger partial charge is 0.347 e. The summed E-state index contributed by atoms with van der Waals surface area (Å²) < 4.78 is 1.34. The molecule has 17 heavy (non-hydrogen) atoms. The molecule has 0 bridgehead atoms. The first kappa shape index (κ1) is 11.1. The van der Waals surface area contributed by atoms with E-state index >= 15 is 0 Å². The van der Waals surface area contributed by atoms with E-state index in [1.54, 1.807) is 31.2 Å². The lowest BCUT2D eigenvalue weighted by molar-refractivity contribution is -0.138. The standard InChI is InChI=1S/C11H11N3O3/c1-7(10(15)16)8-2-4-9(5-3-8)14-6-12-13-11(14)17/h2-7H,1H3,(H,13,17)(H,15,16). The zero-order chi connectivity index (χ0) is 12.4. The number of benzene rings is 1. The second-order valence-corrected chi connectivity index (χ2v) is 3.68. The molecule has 6 heteroatoms. The second kappa shape index (κ2) is 4.25. The van der Waals surface area contributed by atoms with Crippen molar-refractivity contribution in [1.29, 1.82) is 0 Å². The molecule has 0 spiro atoms. The molecule has 0 saturated carbocycles. The number of hydrogen-bond acceptors (Lipinski definition) is 3. The number of carbonyl (C=O) groups is 1. The maximum absolute atomic E-state index is 11.3. The molecule has 0 radical (unpaired) electrons. The average molecular weight is 233 g/mol. The van der Waals surface area contributed by atoms with Gasteiger partial charge in [0.1, 0.15) is 6.33 Å². The number of H-pyrrole nitrogens is 1. The van der Waals surface area contributed by atoms with Gasteiger partial charge in [0.2, 0.25) is 0 Å². The third-order valence-electron chi connectivity index (χ3n) is 2.59. The molecule has 6 nitrogen and oxygen atoms in total. The van der Waals surface area contributed by atoms with E-state index in [1.165, 1.54) is 10.9 Å². The van der Waals surface area contributed by atoms with E-state index in [-0.39, 0.29) is 5.69 Å². The van der Waals surface area contributed by atoms with Gasteiger partial charge in [0, 0.05) is 0 Å². The second-order valence-electron chi connectivity index (χ2n) is 3.68. The Bertz CT molecular complexity index is 583. The summed E-state index contributed by atoms with van der Waals surface area (Å²) in [6.07, 6.45) is 1.37. The number of aromatic nitrogens is 3. The molecular weight excluding hydrogens is 222 g/mol. The van der Waals surface area contributed by atoms with Crippen molar-refractivity contribution in [3.63, 3.8) is 0 Å². The quantitative estimate of drug-likeness (QED) is 0.818. The molecule has 1 heterocycles. The van der Waals surface area contributed by atoms with Crippen LogP contribution in [-0.4, -0.2) is 25.8 Å². The van der Waals surface area contributed by atoms with E-state index in [4.69, 9.17) is 5.11 Å². The van der Waals surface area contributed by atoms with Crippen LogP contribution in [0.3, 0.4) is 0 Å². The van der Waals surface area contributed by atoms with Gasteiger partial charge >= 0.3 is 11.7 Å². The van der Waals surface area contributed by atoms with Crippen LogP contribution in [0, 0.1) is 0 Å². The van der Waals surface area contributed by atoms with Crippen LogP contribution in [0.25, 0.3) is 5.69 Å². The summed E-state index contributed by atoms with van der Waals surface area (Å²) in [4.78, 5) is 22.1. The Morgan fingerprint density at radius 3 is 2.53 bits per heavy atom. The van der Waals surface area contributed by atoms with Crippen LogP contribution in [0.15, 0.2) is 35.4 Å². The van der Waals surface area contributed by atoms with Crippen LogP contribution >= 0.6 is 0 Å². The first-order chi connectivity index (χ1) is 8.09. The Kier molecular flexibility index (Phi) is 2.78. The lowest BCUT2D eigenvalue weighted by Gasteiger charge is -2.07. The predicted octanol–water partition coefficient (Wildman–Crippen LogP) is 0.749. The first-order valence-corrected chi connectivity index (χ1v) is 5.05. The van der Waals surface area contributed by atoms with Crippen molar-refractivity contribution >= 4 is 5.97 Å². The Labute approximate surface area is 96.5 Å². The first-order valence-electron chi connectivity index (χ1n) is 5.05. The van der Waals surface area contributed by atoms with Gasteiger partial charge in [-0.15, -0.1) is 0 Å². The summed E-state index contributed by atoms with van der Waals surface area (Å²) in [6.45, 7) is 1.61. The minimum absolute atomic E-state index is 0.330. The minimum atomic E-state index is -0.877. The average Bonchev–Trinajstić information content (AvgIpc) is 2.74. The number of nitrogens with one attached hydrogen (secondary N) is 1. The molecule has 0 fully saturated rings. The van der Waals surface area contributed by atoms with Gasteiger partial charge in [-0.3, -0.25) is 4.79 Å². The topological polar surface area (TPSA) is 88.0 Å². The summed E-state index contributed by atoms with van der Waals surface area (Å²) >= 11 is 0. The zero-order valence-corrected chi connectivity index (χ0v) is 9.12. The molecule has 2 rings (SSSR count). The highest BCUT2D eigenvalue weighted by Gasteiger charge is 2.13. The lowest BCUT2D eigenvalue weighted by Crippen LogP contribution is -2.14. The van der Waals surface area contributed by atoms with E-state index < -0.39 is 11.9 Å². The van der Waals surface area contributed by atoms with Crippen molar-refractivity contribution in [2.45, 2.75) is 12.8 Å². The van der Waals surface area contributed by atoms with Gasteiger partial charge in [0.05, 0.1) is 11.6 Å². The highest BCUT2D eigenvalue weighted by Crippen LogP contribution is 2.16. The van der Waals surface area contributed by atoms with Gasteiger partial charge in [0.25, 0.3) is 0 Å². The summed E-state index contributed by atoms with van der Waals surface area (Å²) in [5.41, 5.74) is 1.01. The van der Waals surface area contributed by atoms with Gasteiger partial charge in [-0.25, -0.2) is 14.5 Å². The van der Waals surface area contributed by atoms with E-state index in [0.29, 0.717) is 11.3 Å². The molecule has 1 atom stereocenters. The molecule has 0 saturated heterocycles. The fourth-order valence-electron chi connectivity index (χ4n) is 1.50. The largest absolute Gasteiger partial charge is 0.481 e. The maximum Gasteiger partial charge on any atom is 0.347 e. The highest BCUT2D eigenvalue weighted by molar-refractivity contribution is 5.75. The molecule has 1 unspecified atom stereocenters. The van der Waals surface area contributed by atoms with Gasteiger partial charge in [-0.1, -0.05) is 12.1 Å². The van der Waals surface area contributed by atoms with Crippen LogP contribution < -0.4 is 5.69 Å². The molecule has 0 amide bonds. The third-order valence-corrected chi connectivity index (χ3v) is 2.59. The Hall–Kier alpha value is -2.37. The van der Waals surface area contributed by atoms with Gasteiger partial charge in [-0.05, 0) is 24.6 Å². The molecule has 0 aliphatic rings. The van der Waals surface area contributed by atoms with Crippen molar-refractivity contribution in [1.82, 2.24) is 14.8 Å².